The molecule has 1 heterocycles. The van der Waals surface area contributed by atoms with E-state index in [-0.39, 0.29) is 12.7 Å². The molecule has 1 atom stereocenters. The third kappa shape index (κ3) is 2.84. The van der Waals surface area contributed by atoms with Crippen molar-refractivity contribution in [2.45, 2.75) is 13.0 Å². The molecule has 0 bridgehead atoms. The summed E-state index contributed by atoms with van der Waals surface area (Å²) in [5.41, 5.74) is 0.390. The molecule has 0 N–H and O–H groups in total. The molecule has 0 aliphatic carbocycles. The lowest BCUT2D eigenvalue weighted by Gasteiger charge is -2.06. The Labute approximate surface area is 75.3 Å². The lowest BCUT2D eigenvalue weighted by atomic mass is 10.3. The number of hydrogen-bond donors (Lipinski definition) is 0. The van der Waals surface area contributed by atoms with E-state index in [2.05, 4.69) is 6.58 Å². The van der Waals surface area contributed by atoms with Crippen molar-refractivity contribution in [3.63, 3.8) is 0 Å². The largest absolute Gasteiger partial charge is 0.459 e. The average Bonchev–Trinajstić information content (AvgIpc) is 2.51. The summed E-state index contributed by atoms with van der Waals surface area (Å²) in [6.45, 7) is 5.72. The first-order valence-corrected chi connectivity index (χ1v) is 4.14. The van der Waals surface area contributed by atoms with Gasteiger partial charge in [0.25, 0.3) is 0 Å². The van der Waals surface area contributed by atoms with Crippen LogP contribution in [0.2, 0.25) is 0 Å². The van der Waals surface area contributed by atoms with Gasteiger partial charge in [-0.2, -0.15) is 0 Å². The van der Waals surface area contributed by atoms with E-state index in [1.54, 1.807) is 6.92 Å². The van der Waals surface area contributed by atoms with E-state index >= 15 is 0 Å². The van der Waals surface area contributed by atoms with Crippen LogP contribution in [0.4, 0.5) is 0 Å². The van der Waals surface area contributed by atoms with Gasteiger partial charge >= 0.3 is 5.97 Å². The maximum absolute atomic E-state index is 10.9. The highest BCUT2D eigenvalue weighted by atomic mass is 32.2. The molecule has 0 aromatic heterocycles. The molecule has 1 aliphatic heterocycles. The van der Waals surface area contributed by atoms with E-state index in [1.165, 1.54) is 0 Å². The maximum atomic E-state index is 10.9. The van der Waals surface area contributed by atoms with Crippen LogP contribution < -0.4 is 0 Å². The van der Waals surface area contributed by atoms with Crippen LogP contribution >= 0.6 is 12.3 Å². The molecular formula is C7H10O4S. The first-order chi connectivity index (χ1) is 5.70. The molecule has 0 radical (unpaired) electrons. The van der Waals surface area contributed by atoms with Crippen LogP contribution in [0.3, 0.4) is 0 Å². The summed E-state index contributed by atoms with van der Waals surface area (Å²) >= 11 is 0.929. The fourth-order valence-corrected chi connectivity index (χ4v) is 1.07. The Kier molecular flexibility index (Phi) is 3.58. The molecule has 5 heteroatoms. The predicted octanol–water partition coefficient (Wildman–Crippen LogP) is 1.08. The molecule has 0 aromatic rings. The number of esters is 1. The van der Waals surface area contributed by atoms with E-state index in [4.69, 9.17) is 13.1 Å². The van der Waals surface area contributed by atoms with Gasteiger partial charge in [0, 0.05) is 5.57 Å². The zero-order valence-electron chi connectivity index (χ0n) is 6.74. The van der Waals surface area contributed by atoms with Gasteiger partial charge in [-0.15, -0.1) is 0 Å². The Morgan fingerprint density at radius 3 is 3.08 bits per heavy atom. The summed E-state index contributed by atoms with van der Waals surface area (Å²) in [6, 6.07) is 0. The minimum Gasteiger partial charge on any atom is -0.459 e. The fraction of sp³-hybridized carbons (Fsp3) is 0.571. The molecule has 0 aromatic carbocycles. The molecule has 1 rings (SSSR count). The van der Waals surface area contributed by atoms with Crippen molar-refractivity contribution < 1.29 is 17.9 Å². The van der Waals surface area contributed by atoms with Gasteiger partial charge in [0.15, 0.2) is 12.3 Å². The zero-order chi connectivity index (χ0) is 8.97. The van der Waals surface area contributed by atoms with Crippen LogP contribution in [0.25, 0.3) is 0 Å². The molecule has 1 unspecified atom stereocenters. The highest BCUT2D eigenvalue weighted by Gasteiger charge is 2.19. The van der Waals surface area contributed by atoms with Gasteiger partial charge in [-0.05, 0) is 6.92 Å². The minimum atomic E-state index is -0.393. The SMILES string of the molecule is C=C(C)C(=O)OCC1COSO1. The number of rotatable bonds is 3. The highest BCUT2D eigenvalue weighted by Crippen LogP contribution is 2.18. The van der Waals surface area contributed by atoms with Crippen molar-refractivity contribution in [2.75, 3.05) is 13.2 Å². The fourth-order valence-electron chi connectivity index (χ4n) is 0.583. The molecule has 1 saturated heterocycles. The number of carbonyl (C=O) groups is 1. The Hall–Kier alpha value is -0.520. The number of hydrogen-bond acceptors (Lipinski definition) is 5. The van der Waals surface area contributed by atoms with Crippen LogP contribution in [0.1, 0.15) is 6.92 Å². The highest BCUT2D eigenvalue weighted by molar-refractivity contribution is 7.90. The Morgan fingerprint density at radius 2 is 2.58 bits per heavy atom. The zero-order valence-corrected chi connectivity index (χ0v) is 7.56. The summed E-state index contributed by atoms with van der Waals surface area (Å²) in [4.78, 5) is 10.9. The van der Waals surface area contributed by atoms with Gasteiger partial charge in [0.05, 0.1) is 6.61 Å². The Bertz CT molecular complexity index is 186. The number of ether oxygens (including phenoxy) is 1. The molecule has 1 aliphatic rings. The maximum Gasteiger partial charge on any atom is 0.333 e. The van der Waals surface area contributed by atoms with E-state index in [1.807, 2.05) is 0 Å². The lowest BCUT2D eigenvalue weighted by molar-refractivity contribution is -0.141. The minimum absolute atomic E-state index is 0.154. The van der Waals surface area contributed by atoms with Crippen molar-refractivity contribution in [3.8, 4) is 0 Å². The third-order valence-electron chi connectivity index (χ3n) is 1.23. The monoisotopic (exact) mass is 190 g/mol. The second-order valence-electron chi connectivity index (χ2n) is 2.45. The van der Waals surface area contributed by atoms with Gasteiger partial charge in [0.1, 0.15) is 12.7 Å². The van der Waals surface area contributed by atoms with Crippen molar-refractivity contribution in [1.82, 2.24) is 0 Å². The molecule has 0 amide bonds. The van der Waals surface area contributed by atoms with E-state index in [0.29, 0.717) is 12.2 Å². The quantitative estimate of drug-likeness (QED) is 0.378. The van der Waals surface area contributed by atoms with Crippen LogP contribution in [-0.2, 0) is 17.9 Å². The smallest absolute Gasteiger partial charge is 0.333 e. The average molecular weight is 190 g/mol. The lowest BCUT2D eigenvalue weighted by Crippen LogP contribution is -2.20. The normalized spacial score (nSPS) is 22.2. The summed E-state index contributed by atoms with van der Waals surface area (Å²) in [5, 5.41) is 0. The summed E-state index contributed by atoms with van der Waals surface area (Å²) in [7, 11) is 0. The summed E-state index contributed by atoms with van der Waals surface area (Å²) in [5.74, 6) is -0.393. The predicted molar refractivity (Wildman–Crippen MR) is 44.2 cm³/mol. The van der Waals surface area contributed by atoms with Gasteiger partial charge < -0.3 is 4.74 Å². The second kappa shape index (κ2) is 4.49. The molecule has 0 saturated carbocycles. The second-order valence-corrected chi connectivity index (χ2v) is 3.01. The standard InChI is InChI=1S/C7H10O4S/c1-5(2)7(8)9-3-6-4-10-12-11-6/h6H,1,3-4H2,2H3. The van der Waals surface area contributed by atoms with Crippen LogP contribution in [-0.4, -0.2) is 25.3 Å². The van der Waals surface area contributed by atoms with Gasteiger partial charge in [-0.3, -0.25) is 8.37 Å². The van der Waals surface area contributed by atoms with Crippen LogP contribution in [0.15, 0.2) is 12.2 Å². The van der Waals surface area contributed by atoms with E-state index < -0.39 is 5.97 Å². The first kappa shape index (κ1) is 9.57. The third-order valence-corrected chi connectivity index (χ3v) is 1.81. The number of carbonyl (C=O) groups excluding carboxylic acids is 1. The molecular weight excluding hydrogens is 180 g/mol. The van der Waals surface area contributed by atoms with E-state index in [0.717, 1.165) is 12.3 Å². The molecule has 0 spiro atoms. The van der Waals surface area contributed by atoms with Crippen molar-refractivity contribution in [1.29, 1.82) is 0 Å². The van der Waals surface area contributed by atoms with Crippen LogP contribution in [0.5, 0.6) is 0 Å². The van der Waals surface area contributed by atoms with Crippen LogP contribution in [0, 0.1) is 0 Å². The summed E-state index contributed by atoms with van der Waals surface area (Å²) in [6.07, 6.45) is -0.154. The summed E-state index contributed by atoms with van der Waals surface area (Å²) < 4.78 is 14.6. The van der Waals surface area contributed by atoms with Crippen molar-refractivity contribution >= 4 is 18.3 Å². The first-order valence-electron chi connectivity index (χ1n) is 3.47. The topological polar surface area (TPSA) is 44.8 Å². The van der Waals surface area contributed by atoms with Gasteiger partial charge in [-0.25, -0.2) is 4.79 Å². The Morgan fingerprint density at radius 1 is 1.83 bits per heavy atom. The van der Waals surface area contributed by atoms with Crippen molar-refractivity contribution in [2.24, 2.45) is 0 Å². The van der Waals surface area contributed by atoms with E-state index in [9.17, 15) is 4.79 Å². The molecule has 68 valence electrons. The molecule has 1 fully saturated rings. The van der Waals surface area contributed by atoms with Crippen molar-refractivity contribution in [3.05, 3.63) is 12.2 Å². The Balaban J connectivity index is 2.16. The van der Waals surface area contributed by atoms with Gasteiger partial charge in [-0.1, -0.05) is 6.58 Å². The van der Waals surface area contributed by atoms with Gasteiger partial charge in [0.2, 0.25) is 0 Å². The molecule has 12 heavy (non-hydrogen) atoms. The molecule has 4 nitrogen and oxygen atoms in total.